The van der Waals surface area contributed by atoms with Gasteiger partial charge in [0.15, 0.2) is 0 Å². The first-order valence-electron chi connectivity index (χ1n) is 5.70. The van der Waals surface area contributed by atoms with Gasteiger partial charge in [-0.15, -0.1) is 11.8 Å². The number of halogens is 1. The minimum Gasteiger partial charge on any atom is -0.321 e. The van der Waals surface area contributed by atoms with E-state index in [9.17, 15) is 4.39 Å². The molecule has 2 N–H and O–H groups in total. The highest BCUT2D eigenvalue weighted by molar-refractivity contribution is 7.98. The third kappa shape index (κ3) is 1.98. The van der Waals surface area contributed by atoms with Crippen LogP contribution in [0.5, 0.6) is 0 Å². The van der Waals surface area contributed by atoms with Crippen molar-refractivity contribution in [3.8, 4) is 0 Å². The third-order valence-corrected chi connectivity index (χ3v) is 4.40. The van der Waals surface area contributed by atoms with Crippen molar-refractivity contribution in [1.82, 2.24) is 0 Å². The molecule has 0 amide bonds. The second kappa shape index (κ2) is 4.38. The van der Waals surface area contributed by atoms with Crippen LogP contribution in [0.25, 0.3) is 0 Å². The molecule has 0 aliphatic heterocycles. The smallest absolute Gasteiger partial charge is 0.128 e. The molecule has 1 fully saturated rings. The maximum Gasteiger partial charge on any atom is 0.128 e. The molecule has 0 bridgehead atoms. The number of aryl methyl sites for hydroxylation is 1. The van der Waals surface area contributed by atoms with Gasteiger partial charge in [0.05, 0.1) is 0 Å². The third-order valence-electron chi connectivity index (χ3n) is 3.52. The summed E-state index contributed by atoms with van der Waals surface area (Å²) in [5, 5.41) is 0. The Morgan fingerprint density at radius 2 is 1.94 bits per heavy atom. The summed E-state index contributed by atoms with van der Waals surface area (Å²) in [4.78, 5) is 1.13. The van der Waals surface area contributed by atoms with Crippen LogP contribution in [0.15, 0.2) is 17.0 Å². The Hall–Kier alpha value is -0.540. The van der Waals surface area contributed by atoms with E-state index in [1.54, 1.807) is 17.8 Å². The monoisotopic (exact) mass is 239 g/mol. The van der Waals surface area contributed by atoms with Gasteiger partial charge < -0.3 is 5.73 Å². The molecule has 0 spiro atoms. The number of benzene rings is 1. The fourth-order valence-corrected chi connectivity index (χ4v) is 3.15. The Bertz CT molecular complexity index is 397. The fraction of sp³-hybridized carbons (Fsp3) is 0.538. The van der Waals surface area contributed by atoms with Crippen LogP contribution in [0.2, 0.25) is 0 Å². The van der Waals surface area contributed by atoms with E-state index >= 15 is 0 Å². The van der Waals surface area contributed by atoms with E-state index in [0.717, 1.165) is 36.1 Å². The number of nitrogens with two attached hydrogens (primary N) is 1. The van der Waals surface area contributed by atoms with Gasteiger partial charge in [0.1, 0.15) is 5.82 Å². The van der Waals surface area contributed by atoms with Gasteiger partial charge in [-0.25, -0.2) is 4.39 Å². The molecule has 1 aromatic rings. The molecule has 0 aromatic heterocycles. The highest BCUT2D eigenvalue weighted by Gasteiger charge is 2.33. The second-order valence-electron chi connectivity index (χ2n) is 4.66. The maximum atomic E-state index is 14.0. The molecule has 1 aromatic carbocycles. The predicted octanol–water partition coefficient (Wildman–Crippen LogP) is 3.58. The summed E-state index contributed by atoms with van der Waals surface area (Å²) in [6.07, 6.45) is 6.04. The van der Waals surface area contributed by atoms with Crippen molar-refractivity contribution in [3.63, 3.8) is 0 Å². The van der Waals surface area contributed by atoms with Crippen LogP contribution in [0.3, 0.4) is 0 Å². The van der Waals surface area contributed by atoms with E-state index in [0.29, 0.717) is 5.56 Å². The van der Waals surface area contributed by atoms with Gasteiger partial charge in [-0.2, -0.15) is 0 Å². The maximum absolute atomic E-state index is 14.0. The zero-order chi connectivity index (χ0) is 11.8. The molecule has 0 atom stereocenters. The van der Waals surface area contributed by atoms with Crippen molar-refractivity contribution in [2.45, 2.75) is 43.0 Å². The molecule has 0 radical (unpaired) electrons. The first-order valence-corrected chi connectivity index (χ1v) is 6.93. The summed E-state index contributed by atoms with van der Waals surface area (Å²) < 4.78 is 14.0. The number of hydrogen-bond acceptors (Lipinski definition) is 2. The molecule has 3 heteroatoms. The highest BCUT2D eigenvalue weighted by atomic mass is 32.2. The van der Waals surface area contributed by atoms with Gasteiger partial charge in [-0.05, 0) is 43.7 Å². The Labute approximate surface area is 101 Å². The van der Waals surface area contributed by atoms with Crippen molar-refractivity contribution in [1.29, 1.82) is 0 Å². The largest absolute Gasteiger partial charge is 0.321 e. The van der Waals surface area contributed by atoms with Gasteiger partial charge in [0.25, 0.3) is 0 Å². The summed E-state index contributed by atoms with van der Waals surface area (Å²) in [6, 6.07) is 3.56. The standard InChI is InChI=1S/C13H18FNS/c1-9-7-11(14)10(8-12(9)16-2)13(15)5-3-4-6-13/h7-8H,3-6,15H2,1-2H3. The lowest BCUT2D eigenvalue weighted by Crippen LogP contribution is -2.34. The SMILES string of the molecule is CSc1cc(C2(N)CCCC2)c(F)cc1C. The van der Waals surface area contributed by atoms with Crippen molar-refractivity contribution in [2.75, 3.05) is 6.26 Å². The number of thioether (sulfide) groups is 1. The molecule has 16 heavy (non-hydrogen) atoms. The van der Waals surface area contributed by atoms with Crippen LogP contribution in [0.1, 0.15) is 36.8 Å². The van der Waals surface area contributed by atoms with Gasteiger partial charge in [-0.3, -0.25) is 0 Å². The Kier molecular flexibility index (Phi) is 3.27. The van der Waals surface area contributed by atoms with Gasteiger partial charge in [-0.1, -0.05) is 12.8 Å². The lowest BCUT2D eigenvalue weighted by atomic mass is 9.88. The van der Waals surface area contributed by atoms with Crippen LogP contribution in [0, 0.1) is 12.7 Å². The van der Waals surface area contributed by atoms with Crippen molar-refractivity contribution < 1.29 is 4.39 Å². The molecular formula is C13H18FNS. The number of hydrogen-bond donors (Lipinski definition) is 1. The van der Waals surface area contributed by atoms with E-state index in [4.69, 9.17) is 5.73 Å². The van der Waals surface area contributed by atoms with Crippen LogP contribution >= 0.6 is 11.8 Å². The highest BCUT2D eigenvalue weighted by Crippen LogP contribution is 2.39. The minimum absolute atomic E-state index is 0.139. The van der Waals surface area contributed by atoms with E-state index in [1.165, 1.54) is 0 Å². The molecule has 0 unspecified atom stereocenters. The van der Waals surface area contributed by atoms with Gasteiger partial charge >= 0.3 is 0 Å². The van der Waals surface area contributed by atoms with Crippen LogP contribution in [-0.4, -0.2) is 6.26 Å². The van der Waals surface area contributed by atoms with Crippen LogP contribution in [-0.2, 0) is 5.54 Å². The minimum atomic E-state index is -0.428. The zero-order valence-corrected chi connectivity index (χ0v) is 10.7. The first-order chi connectivity index (χ1) is 7.57. The fourth-order valence-electron chi connectivity index (χ4n) is 2.53. The second-order valence-corrected chi connectivity index (χ2v) is 5.51. The lowest BCUT2D eigenvalue weighted by molar-refractivity contribution is 0.431. The molecule has 1 aliphatic carbocycles. The molecular weight excluding hydrogens is 221 g/mol. The van der Waals surface area contributed by atoms with Gasteiger partial charge in [0, 0.05) is 16.0 Å². The lowest BCUT2D eigenvalue weighted by Gasteiger charge is -2.25. The molecule has 1 saturated carbocycles. The molecule has 1 aliphatic rings. The first kappa shape index (κ1) is 11.9. The Morgan fingerprint density at radius 1 is 1.31 bits per heavy atom. The molecule has 88 valence electrons. The average molecular weight is 239 g/mol. The summed E-state index contributed by atoms with van der Waals surface area (Å²) in [6.45, 7) is 1.94. The Balaban J connectivity index is 2.47. The van der Waals surface area contributed by atoms with Crippen molar-refractivity contribution >= 4 is 11.8 Å². The number of rotatable bonds is 2. The molecule has 0 heterocycles. The molecule has 2 rings (SSSR count). The zero-order valence-electron chi connectivity index (χ0n) is 9.85. The summed E-state index contributed by atoms with van der Waals surface area (Å²) >= 11 is 1.65. The van der Waals surface area contributed by atoms with E-state index in [-0.39, 0.29) is 5.82 Å². The van der Waals surface area contributed by atoms with Crippen LogP contribution in [0.4, 0.5) is 4.39 Å². The van der Waals surface area contributed by atoms with Gasteiger partial charge in [0.2, 0.25) is 0 Å². The summed E-state index contributed by atoms with van der Waals surface area (Å²) in [5.41, 5.74) is 7.58. The van der Waals surface area contributed by atoms with Crippen LogP contribution < -0.4 is 5.73 Å². The van der Waals surface area contributed by atoms with E-state index < -0.39 is 5.54 Å². The normalized spacial score (nSPS) is 19.0. The molecule has 1 nitrogen and oxygen atoms in total. The summed E-state index contributed by atoms with van der Waals surface area (Å²) in [5.74, 6) is -0.139. The van der Waals surface area contributed by atoms with E-state index in [2.05, 4.69) is 0 Å². The van der Waals surface area contributed by atoms with Crippen molar-refractivity contribution in [3.05, 3.63) is 29.1 Å². The average Bonchev–Trinajstić information content (AvgIpc) is 2.66. The topological polar surface area (TPSA) is 26.0 Å². The summed E-state index contributed by atoms with van der Waals surface area (Å²) in [7, 11) is 0. The quantitative estimate of drug-likeness (QED) is 0.798. The molecule has 0 saturated heterocycles. The predicted molar refractivity (Wildman–Crippen MR) is 67.3 cm³/mol. The van der Waals surface area contributed by atoms with Crippen molar-refractivity contribution in [2.24, 2.45) is 5.73 Å². The Morgan fingerprint density at radius 3 is 2.50 bits per heavy atom. The van der Waals surface area contributed by atoms with E-state index in [1.807, 2.05) is 19.2 Å².